The molecule has 0 aliphatic rings. The van der Waals surface area contributed by atoms with Gasteiger partial charge in [-0.15, -0.1) is 22.7 Å². The summed E-state index contributed by atoms with van der Waals surface area (Å²) in [5.74, 6) is -0.302. The number of carbonyl (C=O) groups is 1. The van der Waals surface area contributed by atoms with E-state index in [9.17, 15) is 4.79 Å². The number of thiazole rings is 1. The van der Waals surface area contributed by atoms with Crippen LogP contribution in [-0.4, -0.2) is 27.5 Å². The van der Waals surface area contributed by atoms with Gasteiger partial charge in [0, 0.05) is 21.7 Å². The molecule has 0 spiro atoms. The Kier molecular flexibility index (Phi) is 6.11. The Labute approximate surface area is 139 Å². The van der Waals surface area contributed by atoms with Crippen molar-refractivity contribution < 1.29 is 9.90 Å². The zero-order chi connectivity index (χ0) is 16.1. The van der Waals surface area contributed by atoms with Crippen LogP contribution in [0.5, 0.6) is 0 Å². The van der Waals surface area contributed by atoms with Crippen molar-refractivity contribution in [3.8, 4) is 0 Å². The molecule has 0 bridgehead atoms. The molecule has 0 aliphatic heterocycles. The molecule has 0 radical (unpaired) electrons. The second-order valence-electron chi connectivity index (χ2n) is 5.84. The maximum Gasteiger partial charge on any atom is 0.355 e. The first kappa shape index (κ1) is 17.1. The molecule has 2 aromatic heterocycles. The van der Waals surface area contributed by atoms with Crippen LogP contribution in [0.25, 0.3) is 0 Å². The van der Waals surface area contributed by atoms with Gasteiger partial charge < -0.3 is 5.11 Å². The lowest BCUT2D eigenvalue weighted by molar-refractivity contribution is 0.0691. The van der Waals surface area contributed by atoms with Crippen molar-refractivity contribution in [3.63, 3.8) is 0 Å². The fraction of sp³-hybridized carbons (Fsp3) is 0.500. The minimum absolute atomic E-state index is 0.149. The van der Waals surface area contributed by atoms with Crippen molar-refractivity contribution in [3.05, 3.63) is 38.0 Å². The van der Waals surface area contributed by atoms with Gasteiger partial charge in [0.15, 0.2) is 5.69 Å². The Bertz CT molecular complexity index is 619. The summed E-state index contributed by atoms with van der Waals surface area (Å²) < 4.78 is 0. The molecular weight excluding hydrogens is 316 g/mol. The van der Waals surface area contributed by atoms with Crippen molar-refractivity contribution in [1.82, 2.24) is 9.88 Å². The van der Waals surface area contributed by atoms with Crippen LogP contribution >= 0.6 is 22.7 Å². The first-order valence-corrected chi connectivity index (χ1v) is 9.09. The molecule has 0 unspecified atom stereocenters. The number of thiophene rings is 1. The summed E-state index contributed by atoms with van der Waals surface area (Å²) in [5, 5.41) is 11.5. The van der Waals surface area contributed by atoms with Crippen LogP contribution in [0.15, 0.2) is 17.5 Å². The number of aryl methyl sites for hydroxylation is 1. The first-order chi connectivity index (χ1) is 10.4. The second-order valence-corrected chi connectivity index (χ2v) is 8.15. The molecule has 0 aromatic carbocycles. The maximum absolute atomic E-state index is 10.9. The molecule has 22 heavy (non-hydrogen) atoms. The maximum atomic E-state index is 10.9. The summed E-state index contributed by atoms with van der Waals surface area (Å²) >= 11 is 3.24. The number of hydrogen-bond donors (Lipinski definition) is 1. The molecule has 120 valence electrons. The summed E-state index contributed by atoms with van der Waals surface area (Å²) in [6, 6.07) is 4.32. The van der Waals surface area contributed by atoms with Gasteiger partial charge in [-0.2, -0.15) is 0 Å². The lowest BCUT2D eigenvalue weighted by Gasteiger charge is -2.21. The highest BCUT2D eigenvalue weighted by atomic mass is 32.1. The third-order valence-electron chi connectivity index (χ3n) is 3.33. The fourth-order valence-electron chi connectivity index (χ4n) is 2.12. The highest BCUT2D eigenvalue weighted by Crippen LogP contribution is 2.20. The van der Waals surface area contributed by atoms with Crippen LogP contribution in [-0.2, 0) is 13.1 Å². The van der Waals surface area contributed by atoms with E-state index in [4.69, 9.17) is 5.11 Å². The van der Waals surface area contributed by atoms with Crippen LogP contribution in [0, 0.1) is 12.8 Å². The molecule has 0 saturated carbocycles. The van der Waals surface area contributed by atoms with Crippen molar-refractivity contribution >= 4 is 28.6 Å². The van der Waals surface area contributed by atoms with Gasteiger partial charge in [0.1, 0.15) is 5.01 Å². The molecule has 6 heteroatoms. The Morgan fingerprint density at radius 3 is 2.68 bits per heavy atom. The lowest BCUT2D eigenvalue weighted by Crippen LogP contribution is -2.24. The summed E-state index contributed by atoms with van der Waals surface area (Å²) in [5.41, 5.74) is 0.149. The SMILES string of the molecule is Cc1ccc(CN(CCC(C)C)Cc2nc(C(=O)O)cs2)s1. The van der Waals surface area contributed by atoms with Gasteiger partial charge in [-0.1, -0.05) is 13.8 Å². The number of carboxylic acids is 1. The van der Waals surface area contributed by atoms with Crippen LogP contribution in [0.3, 0.4) is 0 Å². The molecule has 2 heterocycles. The molecule has 1 N–H and O–H groups in total. The molecule has 4 nitrogen and oxygen atoms in total. The average Bonchev–Trinajstić information content (AvgIpc) is 3.05. The van der Waals surface area contributed by atoms with Gasteiger partial charge in [0.2, 0.25) is 0 Å². The predicted octanol–water partition coefficient (Wildman–Crippen LogP) is 4.26. The third-order valence-corrected chi connectivity index (χ3v) is 5.15. The molecule has 0 fully saturated rings. The molecule has 0 atom stereocenters. The number of carboxylic acid groups (broad SMARTS) is 1. The summed E-state index contributed by atoms with van der Waals surface area (Å²) in [6.45, 7) is 9.16. The van der Waals surface area contributed by atoms with E-state index >= 15 is 0 Å². The van der Waals surface area contributed by atoms with Crippen LogP contribution in [0.1, 0.15) is 45.5 Å². The van der Waals surface area contributed by atoms with Crippen molar-refractivity contribution in [2.45, 2.75) is 40.3 Å². The van der Waals surface area contributed by atoms with Crippen LogP contribution < -0.4 is 0 Å². The molecule has 0 saturated heterocycles. The van der Waals surface area contributed by atoms with Gasteiger partial charge in [0.25, 0.3) is 0 Å². The largest absolute Gasteiger partial charge is 0.476 e. The van der Waals surface area contributed by atoms with E-state index in [1.165, 1.54) is 21.1 Å². The monoisotopic (exact) mass is 338 g/mol. The fourth-order valence-corrected chi connectivity index (χ4v) is 3.86. The number of hydrogen-bond acceptors (Lipinski definition) is 5. The molecule has 2 rings (SSSR count). The Morgan fingerprint density at radius 1 is 1.36 bits per heavy atom. The molecule has 0 aliphatic carbocycles. The van der Waals surface area contributed by atoms with E-state index in [-0.39, 0.29) is 5.69 Å². The minimum Gasteiger partial charge on any atom is -0.476 e. The van der Waals surface area contributed by atoms with Gasteiger partial charge in [-0.3, -0.25) is 4.90 Å². The number of aromatic carboxylic acids is 1. The van der Waals surface area contributed by atoms with E-state index in [2.05, 4.69) is 42.8 Å². The van der Waals surface area contributed by atoms with E-state index in [0.717, 1.165) is 24.5 Å². The van der Waals surface area contributed by atoms with Crippen molar-refractivity contribution in [2.24, 2.45) is 5.92 Å². The Balaban J connectivity index is 2.03. The third kappa shape index (κ3) is 5.19. The van der Waals surface area contributed by atoms with E-state index in [1.807, 2.05) is 11.3 Å². The molecular formula is C16H22N2O2S2. The molecule has 2 aromatic rings. The van der Waals surface area contributed by atoms with Gasteiger partial charge >= 0.3 is 5.97 Å². The first-order valence-electron chi connectivity index (χ1n) is 7.39. The zero-order valence-electron chi connectivity index (χ0n) is 13.2. The zero-order valence-corrected chi connectivity index (χ0v) is 14.8. The highest BCUT2D eigenvalue weighted by Gasteiger charge is 2.14. The van der Waals surface area contributed by atoms with Crippen LogP contribution in [0.2, 0.25) is 0 Å². The lowest BCUT2D eigenvalue weighted by atomic mass is 10.1. The summed E-state index contributed by atoms with van der Waals surface area (Å²) in [4.78, 5) is 20.2. The van der Waals surface area contributed by atoms with E-state index < -0.39 is 5.97 Å². The van der Waals surface area contributed by atoms with E-state index in [1.54, 1.807) is 5.38 Å². The number of aromatic nitrogens is 1. The molecule has 0 amide bonds. The number of nitrogens with zero attached hydrogens (tertiary/aromatic N) is 2. The van der Waals surface area contributed by atoms with E-state index in [0.29, 0.717) is 12.5 Å². The summed E-state index contributed by atoms with van der Waals surface area (Å²) in [7, 11) is 0. The van der Waals surface area contributed by atoms with Crippen molar-refractivity contribution in [1.29, 1.82) is 0 Å². The van der Waals surface area contributed by atoms with Gasteiger partial charge in [0.05, 0.1) is 6.54 Å². The average molecular weight is 338 g/mol. The number of rotatable bonds is 8. The van der Waals surface area contributed by atoms with Gasteiger partial charge in [-0.25, -0.2) is 9.78 Å². The Hall–Kier alpha value is -1.24. The topological polar surface area (TPSA) is 53.4 Å². The standard InChI is InChI=1S/C16H22N2O2S2/c1-11(2)6-7-18(8-13-5-4-12(3)22-13)9-15-17-14(10-21-15)16(19)20/h4-5,10-11H,6-9H2,1-3H3,(H,19,20). The summed E-state index contributed by atoms with van der Waals surface area (Å²) in [6.07, 6.45) is 1.13. The quantitative estimate of drug-likeness (QED) is 0.781. The van der Waals surface area contributed by atoms with Gasteiger partial charge in [-0.05, 0) is 37.9 Å². The second kappa shape index (κ2) is 7.85. The van der Waals surface area contributed by atoms with Crippen molar-refractivity contribution in [2.75, 3.05) is 6.54 Å². The normalized spacial score (nSPS) is 11.5. The highest BCUT2D eigenvalue weighted by molar-refractivity contribution is 7.11. The van der Waals surface area contributed by atoms with Crippen LogP contribution in [0.4, 0.5) is 0 Å². The minimum atomic E-state index is -0.954. The Morgan fingerprint density at radius 2 is 2.14 bits per heavy atom. The predicted molar refractivity (Wildman–Crippen MR) is 91.7 cm³/mol. The smallest absolute Gasteiger partial charge is 0.355 e.